The maximum atomic E-state index is 12.5. The van der Waals surface area contributed by atoms with Gasteiger partial charge in [0.1, 0.15) is 6.04 Å². The quantitative estimate of drug-likeness (QED) is 0.866. The minimum absolute atomic E-state index is 0.137. The Morgan fingerprint density at radius 1 is 1.04 bits per heavy atom. The van der Waals surface area contributed by atoms with Crippen molar-refractivity contribution in [3.8, 4) is 11.5 Å². The number of benzene rings is 2. The fourth-order valence-corrected chi connectivity index (χ4v) is 2.90. The molecule has 3 amide bonds. The van der Waals surface area contributed by atoms with Crippen LogP contribution in [-0.2, 0) is 4.79 Å². The lowest BCUT2D eigenvalue weighted by Gasteiger charge is -2.21. The number of anilines is 1. The summed E-state index contributed by atoms with van der Waals surface area (Å²) < 4.78 is 10.5. The van der Waals surface area contributed by atoms with Gasteiger partial charge in [-0.05, 0) is 31.2 Å². The predicted octanol–water partition coefficient (Wildman–Crippen LogP) is 2.04. The Labute approximate surface area is 143 Å². The molecule has 2 aromatic carbocycles. The molecule has 0 fully saturated rings. The number of nitrogens with zero attached hydrogens (tertiary/aromatic N) is 1. The van der Waals surface area contributed by atoms with Crippen molar-refractivity contribution in [3.63, 3.8) is 0 Å². The summed E-state index contributed by atoms with van der Waals surface area (Å²) in [7, 11) is 0. The molecule has 2 aliphatic rings. The Morgan fingerprint density at radius 3 is 2.36 bits per heavy atom. The largest absolute Gasteiger partial charge is 0.454 e. The van der Waals surface area contributed by atoms with Crippen LogP contribution < -0.4 is 14.8 Å². The third kappa shape index (κ3) is 2.40. The number of carbonyl (C=O) groups is 3. The number of amides is 3. The van der Waals surface area contributed by atoms with Crippen LogP contribution in [-0.4, -0.2) is 35.5 Å². The summed E-state index contributed by atoms with van der Waals surface area (Å²) in [5.74, 6) is -0.256. The molecule has 2 aliphatic heterocycles. The Kier molecular flexibility index (Phi) is 3.42. The minimum Gasteiger partial charge on any atom is -0.454 e. The van der Waals surface area contributed by atoms with E-state index in [0.29, 0.717) is 28.3 Å². The molecule has 0 bridgehead atoms. The van der Waals surface area contributed by atoms with E-state index in [1.807, 2.05) is 0 Å². The van der Waals surface area contributed by atoms with Crippen LogP contribution in [0.25, 0.3) is 0 Å². The summed E-state index contributed by atoms with van der Waals surface area (Å²) in [5.41, 5.74) is 1.13. The zero-order valence-corrected chi connectivity index (χ0v) is 13.3. The van der Waals surface area contributed by atoms with E-state index in [2.05, 4.69) is 5.32 Å². The Morgan fingerprint density at radius 2 is 1.68 bits per heavy atom. The molecule has 0 saturated carbocycles. The fraction of sp³-hybridized carbons (Fsp3) is 0.167. The van der Waals surface area contributed by atoms with Gasteiger partial charge in [-0.1, -0.05) is 12.1 Å². The van der Waals surface area contributed by atoms with Crippen LogP contribution in [0.3, 0.4) is 0 Å². The van der Waals surface area contributed by atoms with Crippen LogP contribution >= 0.6 is 0 Å². The van der Waals surface area contributed by atoms with Crippen LogP contribution in [0.2, 0.25) is 0 Å². The predicted molar refractivity (Wildman–Crippen MR) is 87.6 cm³/mol. The van der Waals surface area contributed by atoms with Gasteiger partial charge in [-0.15, -0.1) is 0 Å². The molecule has 126 valence electrons. The van der Waals surface area contributed by atoms with Crippen LogP contribution in [0.15, 0.2) is 42.5 Å². The maximum Gasteiger partial charge on any atom is 0.262 e. The molecule has 4 rings (SSSR count). The molecule has 0 aromatic heterocycles. The number of hydrogen-bond donors (Lipinski definition) is 1. The monoisotopic (exact) mass is 338 g/mol. The molecule has 0 spiro atoms. The van der Waals surface area contributed by atoms with Gasteiger partial charge in [-0.25, -0.2) is 0 Å². The summed E-state index contributed by atoms with van der Waals surface area (Å²) in [4.78, 5) is 38.4. The first-order valence-electron chi connectivity index (χ1n) is 7.73. The molecular formula is C18H14N2O5. The van der Waals surface area contributed by atoms with Gasteiger partial charge in [0.2, 0.25) is 12.7 Å². The van der Waals surface area contributed by atoms with Crippen LogP contribution in [0.1, 0.15) is 27.6 Å². The van der Waals surface area contributed by atoms with Crippen molar-refractivity contribution in [1.29, 1.82) is 0 Å². The van der Waals surface area contributed by atoms with Gasteiger partial charge in [-0.3, -0.25) is 19.3 Å². The fourth-order valence-electron chi connectivity index (χ4n) is 2.90. The van der Waals surface area contributed by atoms with E-state index in [1.54, 1.807) is 42.5 Å². The second-order valence-corrected chi connectivity index (χ2v) is 5.76. The first-order valence-corrected chi connectivity index (χ1v) is 7.73. The van der Waals surface area contributed by atoms with Crippen molar-refractivity contribution in [3.05, 3.63) is 53.6 Å². The zero-order chi connectivity index (χ0) is 17.6. The zero-order valence-electron chi connectivity index (χ0n) is 13.3. The maximum absolute atomic E-state index is 12.5. The van der Waals surface area contributed by atoms with Gasteiger partial charge < -0.3 is 14.8 Å². The van der Waals surface area contributed by atoms with E-state index in [1.165, 1.54) is 6.92 Å². The number of rotatable bonds is 3. The summed E-state index contributed by atoms with van der Waals surface area (Å²) in [6, 6.07) is 10.6. The van der Waals surface area contributed by atoms with Crippen molar-refractivity contribution in [2.45, 2.75) is 13.0 Å². The summed E-state index contributed by atoms with van der Waals surface area (Å²) in [5, 5.41) is 2.70. The summed E-state index contributed by atoms with van der Waals surface area (Å²) in [6.07, 6.45) is 0. The van der Waals surface area contributed by atoms with Gasteiger partial charge in [-0.2, -0.15) is 0 Å². The van der Waals surface area contributed by atoms with E-state index in [0.717, 1.165) is 4.90 Å². The SMILES string of the molecule is CC(C(=O)Nc1ccc2c(c1)OCO2)N1C(=O)c2ccccc2C1=O. The molecule has 1 atom stereocenters. The van der Waals surface area contributed by atoms with Crippen molar-refractivity contribution in [1.82, 2.24) is 4.90 Å². The lowest BCUT2D eigenvalue weighted by atomic mass is 10.1. The molecule has 7 heteroatoms. The standard InChI is InChI=1S/C18H14N2O5/c1-10(20-17(22)12-4-2-3-5-13(12)18(20)23)16(21)19-11-6-7-14-15(8-11)25-9-24-14/h2-8,10H,9H2,1H3,(H,19,21). The molecule has 1 N–H and O–H groups in total. The van der Waals surface area contributed by atoms with Crippen molar-refractivity contribution < 1.29 is 23.9 Å². The summed E-state index contributed by atoms with van der Waals surface area (Å²) in [6.45, 7) is 1.65. The Hall–Kier alpha value is -3.35. The third-order valence-electron chi connectivity index (χ3n) is 4.23. The topological polar surface area (TPSA) is 84.9 Å². The highest BCUT2D eigenvalue weighted by Gasteiger charge is 2.40. The number of fused-ring (bicyclic) bond motifs is 2. The lowest BCUT2D eigenvalue weighted by Crippen LogP contribution is -2.45. The van der Waals surface area contributed by atoms with Gasteiger partial charge in [0, 0.05) is 11.8 Å². The van der Waals surface area contributed by atoms with Gasteiger partial charge >= 0.3 is 0 Å². The number of ether oxygens (including phenoxy) is 2. The highest BCUT2D eigenvalue weighted by atomic mass is 16.7. The second-order valence-electron chi connectivity index (χ2n) is 5.76. The molecule has 1 unspecified atom stereocenters. The van der Waals surface area contributed by atoms with Gasteiger partial charge in [0.15, 0.2) is 11.5 Å². The van der Waals surface area contributed by atoms with Crippen molar-refractivity contribution in [2.75, 3.05) is 12.1 Å². The van der Waals surface area contributed by atoms with E-state index in [9.17, 15) is 14.4 Å². The van der Waals surface area contributed by atoms with Crippen LogP contribution in [0, 0.1) is 0 Å². The average molecular weight is 338 g/mol. The molecule has 0 aliphatic carbocycles. The van der Waals surface area contributed by atoms with E-state index in [4.69, 9.17) is 9.47 Å². The molecule has 7 nitrogen and oxygen atoms in total. The first kappa shape index (κ1) is 15.2. The molecule has 0 saturated heterocycles. The average Bonchev–Trinajstić information content (AvgIpc) is 3.18. The normalized spacial score (nSPS) is 16.0. The molecular weight excluding hydrogens is 324 g/mol. The van der Waals surface area contributed by atoms with Crippen molar-refractivity contribution in [2.24, 2.45) is 0 Å². The first-order chi connectivity index (χ1) is 12.1. The van der Waals surface area contributed by atoms with E-state index in [-0.39, 0.29) is 6.79 Å². The summed E-state index contributed by atoms with van der Waals surface area (Å²) >= 11 is 0. The van der Waals surface area contributed by atoms with E-state index >= 15 is 0 Å². The molecule has 0 radical (unpaired) electrons. The molecule has 25 heavy (non-hydrogen) atoms. The smallest absolute Gasteiger partial charge is 0.262 e. The highest BCUT2D eigenvalue weighted by Crippen LogP contribution is 2.34. The molecule has 2 heterocycles. The number of nitrogens with one attached hydrogen (secondary N) is 1. The highest BCUT2D eigenvalue weighted by molar-refractivity contribution is 6.23. The van der Waals surface area contributed by atoms with Crippen LogP contribution in [0.5, 0.6) is 11.5 Å². The van der Waals surface area contributed by atoms with E-state index < -0.39 is 23.8 Å². The Balaban J connectivity index is 1.53. The number of hydrogen-bond acceptors (Lipinski definition) is 5. The van der Waals surface area contributed by atoms with Gasteiger partial charge in [0.05, 0.1) is 11.1 Å². The third-order valence-corrected chi connectivity index (χ3v) is 4.23. The van der Waals surface area contributed by atoms with Gasteiger partial charge in [0.25, 0.3) is 11.8 Å². The minimum atomic E-state index is -0.946. The van der Waals surface area contributed by atoms with Crippen molar-refractivity contribution >= 4 is 23.4 Å². The van der Waals surface area contributed by atoms with Crippen LogP contribution in [0.4, 0.5) is 5.69 Å². The lowest BCUT2D eigenvalue weighted by molar-refractivity contribution is -0.119. The Bertz CT molecular complexity index is 873. The molecule has 2 aromatic rings. The number of imide groups is 1. The number of carbonyl (C=O) groups excluding carboxylic acids is 3. The second kappa shape index (κ2) is 5.62.